The van der Waals surface area contributed by atoms with Crippen LogP contribution in [0.3, 0.4) is 0 Å². The van der Waals surface area contributed by atoms with Gasteiger partial charge in [0.1, 0.15) is 11.5 Å². The number of carboxylic acid groups (broad SMARTS) is 1. The van der Waals surface area contributed by atoms with Gasteiger partial charge in [-0.15, -0.1) is 11.8 Å². The Balaban J connectivity index is 1.40. The fraction of sp³-hybridized carbons (Fsp3) is 0.792. The number of ketones is 1. The van der Waals surface area contributed by atoms with Gasteiger partial charge in [0, 0.05) is 48.2 Å². The second-order valence-electron chi connectivity index (χ2n) is 10.3. The summed E-state index contributed by atoms with van der Waals surface area (Å²) < 4.78 is 0. The highest BCUT2D eigenvalue weighted by molar-refractivity contribution is 8.03. The molecule has 4 aliphatic rings. The largest absolute Gasteiger partial charge is 0.477 e. The number of aliphatic carboxylic acids is 1. The topological polar surface area (TPSA) is 90.0 Å². The van der Waals surface area contributed by atoms with Gasteiger partial charge in [-0.2, -0.15) is 0 Å². The number of fused-ring (bicyclic) bond motifs is 1. The third kappa shape index (κ3) is 4.38. The second kappa shape index (κ2) is 9.47. The van der Waals surface area contributed by atoms with Crippen molar-refractivity contribution >= 4 is 29.4 Å². The van der Waals surface area contributed by atoms with E-state index in [9.17, 15) is 19.5 Å². The number of hydrogen-bond donors (Lipinski definition) is 2. The molecule has 0 spiro atoms. The Hall–Kier alpha value is -1.38. The van der Waals surface area contributed by atoms with E-state index in [2.05, 4.69) is 17.1 Å². The van der Waals surface area contributed by atoms with Gasteiger partial charge in [0.2, 0.25) is 5.91 Å². The Kier molecular flexibility index (Phi) is 7.03. The second-order valence-corrected chi connectivity index (χ2v) is 11.7. The Bertz CT molecular complexity index is 815. The van der Waals surface area contributed by atoms with Crippen LogP contribution in [-0.4, -0.2) is 76.1 Å². The number of likely N-dealkylation sites (tertiary alicyclic amines) is 1. The highest BCUT2D eigenvalue weighted by Gasteiger charge is 2.60. The van der Waals surface area contributed by atoms with Gasteiger partial charge >= 0.3 is 5.97 Å². The molecular formula is C24H37N3O4S. The van der Waals surface area contributed by atoms with Crippen LogP contribution in [0.5, 0.6) is 0 Å². The molecule has 0 unspecified atom stereocenters. The van der Waals surface area contributed by atoms with Crippen molar-refractivity contribution in [3.63, 3.8) is 0 Å². The smallest absolute Gasteiger partial charge is 0.353 e. The van der Waals surface area contributed by atoms with E-state index in [0.29, 0.717) is 17.7 Å². The predicted octanol–water partition coefficient (Wildman–Crippen LogP) is 2.57. The number of carbonyl (C=O) groups excluding carboxylic acids is 2. The molecule has 0 saturated carbocycles. The highest BCUT2D eigenvalue weighted by atomic mass is 32.2. The average Bonchev–Trinajstić information content (AvgIpc) is 3.41. The van der Waals surface area contributed by atoms with E-state index in [1.54, 1.807) is 18.7 Å². The molecular weight excluding hydrogens is 426 g/mol. The molecule has 3 saturated heterocycles. The maximum absolute atomic E-state index is 12.9. The SMILES string of the molecule is CC[C@H]1CCN(C[C@@H]2C[C@H](SC3=C(C(=O)O)N4C(=O)[C@H]([C@@H](C)CC(C)=O)[C@H]4[C@H]3C)CN2)C1. The Labute approximate surface area is 195 Å². The summed E-state index contributed by atoms with van der Waals surface area (Å²) in [5.74, 6) is -0.591. The van der Waals surface area contributed by atoms with Gasteiger partial charge in [-0.3, -0.25) is 4.79 Å². The highest BCUT2D eigenvalue weighted by Crippen LogP contribution is 2.53. The monoisotopic (exact) mass is 463 g/mol. The molecule has 4 heterocycles. The number of thioether (sulfide) groups is 1. The predicted molar refractivity (Wildman–Crippen MR) is 125 cm³/mol. The number of nitrogens with one attached hydrogen (secondary N) is 1. The van der Waals surface area contributed by atoms with Crippen molar-refractivity contribution in [3.05, 3.63) is 10.6 Å². The number of hydrogen-bond acceptors (Lipinski definition) is 6. The first kappa shape index (κ1) is 23.8. The fourth-order valence-corrected chi connectivity index (χ4v) is 7.78. The summed E-state index contributed by atoms with van der Waals surface area (Å²) >= 11 is 1.66. The van der Waals surface area contributed by atoms with E-state index in [1.807, 2.05) is 13.8 Å². The molecule has 4 rings (SSSR count). The molecule has 4 aliphatic heterocycles. The summed E-state index contributed by atoms with van der Waals surface area (Å²) in [7, 11) is 0. The number of carbonyl (C=O) groups is 3. The van der Waals surface area contributed by atoms with Crippen LogP contribution in [0.15, 0.2) is 10.6 Å². The summed E-state index contributed by atoms with van der Waals surface area (Å²) in [4.78, 5) is 41.5. The molecule has 0 aromatic carbocycles. The van der Waals surface area contributed by atoms with E-state index in [0.717, 1.165) is 30.3 Å². The summed E-state index contributed by atoms with van der Waals surface area (Å²) in [5.41, 5.74) is 0.178. The van der Waals surface area contributed by atoms with Gasteiger partial charge in [-0.1, -0.05) is 27.2 Å². The Morgan fingerprint density at radius 3 is 2.72 bits per heavy atom. The number of carboxylic acids is 1. The van der Waals surface area contributed by atoms with Crippen LogP contribution >= 0.6 is 11.8 Å². The molecule has 7 atom stereocenters. The Morgan fingerprint density at radius 2 is 2.09 bits per heavy atom. The first-order chi connectivity index (χ1) is 15.2. The minimum Gasteiger partial charge on any atom is -0.477 e. The molecule has 2 N–H and O–H groups in total. The van der Waals surface area contributed by atoms with Crippen LogP contribution in [0.1, 0.15) is 53.4 Å². The van der Waals surface area contributed by atoms with E-state index < -0.39 is 5.97 Å². The molecule has 8 heteroatoms. The van der Waals surface area contributed by atoms with Crippen LogP contribution in [0.25, 0.3) is 0 Å². The average molecular weight is 464 g/mol. The molecule has 0 aromatic rings. The van der Waals surface area contributed by atoms with Gasteiger partial charge in [-0.25, -0.2) is 4.79 Å². The normalized spacial score (nSPS) is 35.9. The number of rotatable bonds is 9. The molecule has 0 bridgehead atoms. The van der Waals surface area contributed by atoms with Crippen LogP contribution < -0.4 is 5.32 Å². The van der Waals surface area contributed by atoms with Crippen molar-refractivity contribution in [2.75, 3.05) is 26.2 Å². The molecule has 0 aromatic heterocycles. The third-order valence-corrected chi connectivity index (χ3v) is 9.43. The van der Waals surface area contributed by atoms with Crippen molar-refractivity contribution in [3.8, 4) is 0 Å². The van der Waals surface area contributed by atoms with Gasteiger partial charge in [-0.05, 0) is 38.1 Å². The third-order valence-electron chi connectivity index (χ3n) is 7.92. The van der Waals surface area contributed by atoms with Crippen molar-refractivity contribution in [2.45, 2.75) is 70.7 Å². The van der Waals surface area contributed by atoms with E-state index >= 15 is 0 Å². The van der Waals surface area contributed by atoms with Crippen LogP contribution in [0.2, 0.25) is 0 Å². The van der Waals surface area contributed by atoms with Gasteiger partial charge in [0.15, 0.2) is 0 Å². The standard InChI is InChI=1S/C24H37N3O4S/c1-5-16-6-7-26(11-16)12-17-9-18(10-25-17)32-22-15(4)20-19(13(2)8-14(3)28)23(29)27(20)21(22)24(30)31/h13,15-20,25H,5-12H2,1-4H3,(H,30,31)/t13-,15+,16-,17-,18-,19+,20+/m0/s1. The first-order valence-corrected chi connectivity index (χ1v) is 13.0. The lowest BCUT2D eigenvalue weighted by Gasteiger charge is -2.47. The zero-order valence-corrected chi connectivity index (χ0v) is 20.5. The van der Waals surface area contributed by atoms with E-state index in [-0.39, 0.29) is 41.2 Å². The van der Waals surface area contributed by atoms with E-state index in [4.69, 9.17) is 0 Å². The molecule has 3 fully saturated rings. The zero-order chi connectivity index (χ0) is 23.2. The lowest BCUT2D eigenvalue weighted by atomic mass is 9.73. The van der Waals surface area contributed by atoms with Gasteiger partial charge in [0.05, 0.1) is 12.0 Å². The number of β-lactam (4-membered cyclic amide) rings is 1. The number of amides is 1. The molecule has 1 amide bonds. The minimum absolute atomic E-state index is 0.00819. The van der Waals surface area contributed by atoms with E-state index in [1.165, 1.54) is 30.8 Å². The molecule has 7 nitrogen and oxygen atoms in total. The zero-order valence-electron chi connectivity index (χ0n) is 19.7. The summed E-state index contributed by atoms with van der Waals surface area (Å²) in [6, 6.07) is 0.307. The summed E-state index contributed by atoms with van der Waals surface area (Å²) in [6.07, 6.45) is 3.92. The molecule has 178 valence electrons. The van der Waals surface area contributed by atoms with Crippen LogP contribution in [-0.2, 0) is 14.4 Å². The van der Waals surface area contributed by atoms with Crippen LogP contribution in [0.4, 0.5) is 0 Å². The number of Topliss-reactive ketones (excluding diaryl/α,β-unsaturated/α-hetero) is 1. The van der Waals surface area contributed by atoms with Crippen molar-refractivity contribution < 1.29 is 19.5 Å². The van der Waals surface area contributed by atoms with Gasteiger partial charge < -0.3 is 25.0 Å². The number of nitrogens with zero attached hydrogens (tertiary/aromatic N) is 2. The maximum atomic E-state index is 12.9. The molecule has 32 heavy (non-hydrogen) atoms. The van der Waals surface area contributed by atoms with Gasteiger partial charge in [0.25, 0.3) is 0 Å². The lowest BCUT2D eigenvalue weighted by Crippen LogP contribution is -2.62. The molecule has 0 aliphatic carbocycles. The van der Waals surface area contributed by atoms with Crippen molar-refractivity contribution in [1.29, 1.82) is 0 Å². The van der Waals surface area contributed by atoms with Crippen LogP contribution in [0, 0.1) is 23.7 Å². The van der Waals surface area contributed by atoms with Crippen molar-refractivity contribution in [2.24, 2.45) is 23.7 Å². The molecule has 0 radical (unpaired) electrons. The maximum Gasteiger partial charge on any atom is 0.353 e. The summed E-state index contributed by atoms with van der Waals surface area (Å²) in [6.45, 7) is 12.1. The Morgan fingerprint density at radius 1 is 1.34 bits per heavy atom. The summed E-state index contributed by atoms with van der Waals surface area (Å²) in [5, 5.41) is 13.9. The lowest BCUT2D eigenvalue weighted by molar-refractivity contribution is -0.160. The van der Waals surface area contributed by atoms with Crippen molar-refractivity contribution in [1.82, 2.24) is 15.1 Å². The fourth-order valence-electron chi connectivity index (χ4n) is 6.26. The first-order valence-electron chi connectivity index (χ1n) is 12.1. The minimum atomic E-state index is -1.02. The quantitative estimate of drug-likeness (QED) is 0.508.